The topological polar surface area (TPSA) is 38.0 Å². The number of hydrogen-bond acceptors (Lipinski definition) is 2. The van der Waals surface area contributed by atoms with Crippen LogP contribution in [0.4, 0.5) is 4.39 Å². The van der Waals surface area contributed by atoms with Gasteiger partial charge in [0.15, 0.2) is 0 Å². The Bertz CT molecular complexity index is 312. The van der Waals surface area contributed by atoms with Crippen molar-refractivity contribution in [3.8, 4) is 0 Å². The molecule has 84 valence electrons. The van der Waals surface area contributed by atoms with Crippen molar-refractivity contribution in [3.63, 3.8) is 0 Å². The third-order valence-electron chi connectivity index (χ3n) is 2.58. The van der Waals surface area contributed by atoms with Crippen LogP contribution < -0.4 is 11.3 Å². The van der Waals surface area contributed by atoms with E-state index in [2.05, 4.69) is 12.3 Å². The predicted molar refractivity (Wildman–Crippen MR) is 60.7 cm³/mol. The second-order valence-corrected chi connectivity index (χ2v) is 3.89. The lowest BCUT2D eigenvalue weighted by Gasteiger charge is -2.16. The van der Waals surface area contributed by atoms with Gasteiger partial charge in [0.05, 0.1) is 0 Å². The number of unbranched alkanes of at least 4 members (excludes halogenated alkanes) is 1. The number of benzene rings is 1. The molecule has 0 heterocycles. The Morgan fingerprint density at radius 2 is 2.20 bits per heavy atom. The van der Waals surface area contributed by atoms with Gasteiger partial charge < -0.3 is 0 Å². The first-order chi connectivity index (χ1) is 7.19. The average Bonchev–Trinajstić information content (AvgIpc) is 2.21. The van der Waals surface area contributed by atoms with Gasteiger partial charge in [0.2, 0.25) is 0 Å². The van der Waals surface area contributed by atoms with E-state index in [-0.39, 0.29) is 11.9 Å². The third kappa shape index (κ3) is 3.29. The molecule has 1 aromatic carbocycles. The maximum atomic E-state index is 13.6. The van der Waals surface area contributed by atoms with E-state index in [0.29, 0.717) is 5.56 Å². The largest absolute Gasteiger partial charge is 0.271 e. The van der Waals surface area contributed by atoms with E-state index in [0.717, 1.165) is 24.8 Å². The fourth-order valence-corrected chi connectivity index (χ4v) is 1.65. The van der Waals surface area contributed by atoms with Crippen LogP contribution in [0, 0.1) is 12.7 Å². The van der Waals surface area contributed by atoms with Gasteiger partial charge in [-0.1, -0.05) is 31.9 Å². The Morgan fingerprint density at radius 1 is 1.47 bits per heavy atom. The number of rotatable bonds is 5. The van der Waals surface area contributed by atoms with Crippen molar-refractivity contribution < 1.29 is 4.39 Å². The summed E-state index contributed by atoms with van der Waals surface area (Å²) in [5, 5.41) is 0. The number of hydrogen-bond donors (Lipinski definition) is 2. The van der Waals surface area contributed by atoms with Crippen LogP contribution in [-0.2, 0) is 0 Å². The summed E-state index contributed by atoms with van der Waals surface area (Å²) in [6.45, 7) is 3.99. The van der Waals surface area contributed by atoms with Gasteiger partial charge in [0.25, 0.3) is 0 Å². The second kappa shape index (κ2) is 5.83. The molecule has 2 nitrogen and oxygen atoms in total. The standard InChI is InChI=1S/C12H19FN2/c1-3-4-5-12(15-14)10-7-6-9(2)8-11(10)13/h6-8,12,15H,3-5,14H2,1-2H3. The van der Waals surface area contributed by atoms with Crippen molar-refractivity contribution in [1.82, 2.24) is 5.43 Å². The lowest BCUT2D eigenvalue weighted by Crippen LogP contribution is -2.28. The minimum Gasteiger partial charge on any atom is -0.271 e. The molecule has 3 N–H and O–H groups in total. The summed E-state index contributed by atoms with van der Waals surface area (Å²) in [6.07, 6.45) is 3.00. The van der Waals surface area contributed by atoms with Crippen molar-refractivity contribution in [2.24, 2.45) is 5.84 Å². The molecule has 0 aliphatic heterocycles. The molecule has 0 bridgehead atoms. The van der Waals surface area contributed by atoms with Crippen molar-refractivity contribution in [2.75, 3.05) is 0 Å². The summed E-state index contributed by atoms with van der Waals surface area (Å²) < 4.78 is 13.6. The average molecular weight is 210 g/mol. The summed E-state index contributed by atoms with van der Waals surface area (Å²) in [4.78, 5) is 0. The van der Waals surface area contributed by atoms with Crippen LogP contribution in [-0.4, -0.2) is 0 Å². The van der Waals surface area contributed by atoms with E-state index in [9.17, 15) is 4.39 Å². The van der Waals surface area contributed by atoms with Crippen molar-refractivity contribution >= 4 is 0 Å². The molecule has 1 aromatic rings. The SMILES string of the molecule is CCCCC(NN)c1ccc(C)cc1F. The molecule has 0 aliphatic carbocycles. The van der Waals surface area contributed by atoms with Crippen molar-refractivity contribution in [2.45, 2.75) is 39.2 Å². The van der Waals surface area contributed by atoms with Crippen LogP contribution in [0.2, 0.25) is 0 Å². The van der Waals surface area contributed by atoms with Gasteiger partial charge in [-0.3, -0.25) is 11.3 Å². The summed E-state index contributed by atoms with van der Waals surface area (Å²) >= 11 is 0. The van der Waals surface area contributed by atoms with Gasteiger partial charge in [-0.25, -0.2) is 4.39 Å². The van der Waals surface area contributed by atoms with E-state index in [4.69, 9.17) is 5.84 Å². The fourth-order valence-electron chi connectivity index (χ4n) is 1.65. The Kier molecular flexibility index (Phi) is 4.72. The Labute approximate surface area is 90.6 Å². The lowest BCUT2D eigenvalue weighted by atomic mass is 10.00. The smallest absolute Gasteiger partial charge is 0.128 e. The normalized spacial score (nSPS) is 12.8. The van der Waals surface area contributed by atoms with Crippen molar-refractivity contribution in [1.29, 1.82) is 0 Å². The van der Waals surface area contributed by atoms with Crippen molar-refractivity contribution in [3.05, 3.63) is 35.1 Å². The summed E-state index contributed by atoms with van der Waals surface area (Å²) in [5.41, 5.74) is 4.27. The molecule has 0 radical (unpaired) electrons. The van der Waals surface area contributed by atoms with Crippen LogP contribution in [0.5, 0.6) is 0 Å². The predicted octanol–water partition coefficient (Wildman–Crippen LogP) is 2.83. The first kappa shape index (κ1) is 12.1. The molecular formula is C12H19FN2. The molecule has 1 unspecified atom stereocenters. The maximum Gasteiger partial charge on any atom is 0.128 e. The Morgan fingerprint density at radius 3 is 2.73 bits per heavy atom. The summed E-state index contributed by atoms with van der Waals surface area (Å²) in [7, 11) is 0. The van der Waals surface area contributed by atoms with Gasteiger partial charge in [-0.15, -0.1) is 0 Å². The van der Waals surface area contributed by atoms with Crippen LogP contribution in [0.25, 0.3) is 0 Å². The zero-order valence-corrected chi connectivity index (χ0v) is 9.39. The first-order valence-corrected chi connectivity index (χ1v) is 5.41. The molecule has 0 amide bonds. The lowest BCUT2D eigenvalue weighted by molar-refractivity contribution is 0.470. The molecule has 0 aliphatic rings. The van der Waals surface area contributed by atoms with Gasteiger partial charge >= 0.3 is 0 Å². The molecule has 0 saturated heterocycles. The van der Waals surface area contributed by atoms with Crippen LogP contribution in [0.3, 0.4) is 0 Å². The molecule has 3 heteroatoms. The number of nitrogens with two attached hydrogens (primary N) is 1. The van der Waals surface area contributed by atoms with E-state index >= 15 is 0 Å². The van der Waals surface area contributed by atoms with E-state index in [1.54, 1.807) is 6.07 Å². The minimum atomic E-state index is -0.172. The van der Waals surface area contributed by atoms with Gasteiger partial charge in [0.1, 0.15) is 5.82 Å². The fraction of sp³-hybridized carbons (Fsp3) is 0.500. The first-order valence-electron chi connectivity index (χ1n) is 5.41. The number of halogens is 1. The van der Waals surface area contributed by atoms with Crippen LogP contribution >= 0.6 is 0 Å². The van der Waals surface area contributed by atoms with Gasteiger partial charge in [0, 0.05) is 11.6 Å². The number of hydrazine groups is 1. The van der Waals surface area contributed by atoms with E-state index < -0.39 is 0 Å². The monoisotopic (exact) mass is 210 g/mol. The highest BCUT2D eigenvalue weighted by atomic mass is 19.1. The Balaban J connectivity index is 2.81. The highest BCUT2D eigenvalue weighted by Gasteiger charge is 2.13. The molecule has 0 aromatic heterocycles. The third-order valence-corrected chi connectivity index (χ3v) is 2.58. The molecule has 0 saturated carbocycles. The molecule has 15 heavy (non-hydrogen) atoms. The maximum absolute atomic E-state index is 13.6. The number of nitrogens with one attached hydrogen (secondary N) is 1. The molecular weight excluding hydrogens is 191 g/mol. The highest BCUT2D eigenvalue weighted by Crippen LogP contribution is 2.22. The second-order valence-electron chi connectivity index (χ2n) is 3.89. The molecule has 1 rings (SSSR count). The summed E-state index contributed by atoms with van der Waals surface area (Å²) in [5.74, 6) is 5.26. The molecule has 0 spiro atoms. The highest BCUT2D eigenvalue weighted by molar-refractivity contribution is 5.26. The van der Waals surface area contributed by atoms with E-state index in [1.807, 2.05) is 19.1 Å². The minimum absolute atomic E-state index is 0.0782. The van der Waals surface area contributed by atoms with E-state index in [1.165, 1.54) is 0 Å². The number of aryl methyl sites for hydroxylation is 1. The zero-order chi connectivity index (χ0) is 11.3. The van der Waals surface area contributed by atoms with Gasteiger partial charge in [-0.05, 0) is 25.0 Å². The quantitative estimate of drug-likeness (QED) is 0.579. The zero-order valence-electron chi connectivity index (χ0n) is 9.39. The van der Waals surface area contributed by atoms with Gasteiger partial charge in [-0.2, -0.15) is 0 Å². The summed E-state index contributed by atoms with van der Waals surface area (Å²) in [6, 6.07) is 5.19. The van der Waals surface area contributed by atoms with Crippen LogP contribution in [0.1, 0.15) is 43.4 Å². The van der Waals surface area contributed by atoms with Crippen LogP contribution in [0.15, 0.2) is 18.2 Å². The molecule has 0 fully saturated rings. The Hall–Kier alpha value is -0.930. The molecule has 1 atom stereocenters.